The molecule has 0 aliphatic heterocycles. The van der Waals surface area contributed by atoms with Crippen molar-refractivity contribution < 1.29 is 14.7 Å². The third-order valence-electron chi connectivity index (χ3n) is 13.0. The first kappa shape index (κ1) is 61.4. The Labute approximate surface area is 374 Å². The topological polar surface area (TPSA) is 86.7 Å². The van der Waals surface area contributed by atoms with Crippen molar-refractivity contribution in [1.82, 2.24) is 0 Å². The van der Waals surface area contributed by atoms with E-state index in [9.17, 15) is 14.7 Å². The molecule has 0 unspecified atom stereocenters. The zero-order valence-electron chi connectivity index (χ0n) is 41.4. The van der Waals surface area contributed by atoms with Crippen LogP contribution in [0.25, 0.3) is 0 Å². The maximum absolute atomic E-state index is 10.5. The van der Waals surface area contributed by atoms with Crippen molar-refractivity contribution in [1.29, 1.82) is 0 Å². The SMILES string of the molecule is CCCCCCCCCCCCCCCCCCN.CCCCCCCCCCCCCCCCCCP(O)(O)(O)CCCCCCCCCCCCCCCCCC. The fourth-order valence-corrected chi connectivity index (χ4v) is 10.7. The van der Waals surface area contributed by atoms with Crippen molar-refractivity contribution in [3.8, 4) is 0 Å². The van der Waals surface area contributed by atoms with Gasteiger partial charge in [0, 0.05) is 0 Å². The monoisotopic (exact) mass is 858 g/mol. The summed E-state index contributed by atoms with van der Waals surface area (Å²) >= 11 is 0. The summed E-state index contributed by atoms with van der Waals surface area (Å²) in [5, 5.41) is 0. The normalized spacial score (nSPS) is 12.4. The second-order valence-electron chi connectivity index (χ2n) is 19.5. The van der Waals surface area contributed by atoms with Crippen LogP contribution in [0.3, 0.4) is 0 Å². The third-order valence-corrected chi connectivity index (χ3v) is 15.5. The van der Waals surface area contributed by atoms with E-state index < -0.39 is 7.28 Å². The molecule has 4 nitrogen and oxygen atoms in total. The summed E-state index contributed by atoms with van der Waals surface area (Å²) in [4.78, 5) is 31.4. The van der Waals surface area contributed by atoms with Gasteiger partial charge in [-0.1, -0.05) is 181 Å². The average molecular weight is 858 g/mol. The minimum atomic E-state index is -4.39. The van der Waals surface area contributed by atoms with Gasteiger partial charge in [0.25, 0.3) is 0 Å². The minimum absolute atomic E-state index is 0.211. The van der Waals surface area contributed by atoms with Crippen LogP contribution >= 0.6 is 7.28 Å². The molecule has 0 saturated carbocycles. The van der Waals surface area contributed by atoms with Crippen LogP contribution in [0.15, 0.2) is 0 Å². The van der Waals surface area contributed by atoms with Crippen LogP contribution in [0.5, 0.6) is 0 Å². The van der Waals surface area contributed by atoms with Crippen molar-refractivity contribution in [2.24, 2.45) is 5.73 Å². The quantitative estimate of drug-likeness (QED) is 0.0363. The van der Waals surface area contributed by atoms with Crippen LogP contribution < -0.4 is 5.73 Å². The zero-order valence-corrected chi connectivity index (χ0v) is 42.3. The third kappa shape index (κ3) is 58.3. The van der Waals surface area contributed by atoms with Crippen molar-refractivity contribution in [2.75, 3.05) is 18.9 Å². The Morgan fingerprint density at radius 3 is 0.508 bits per heavy atom. The van der Waals surface area contributed by atoms with Gasteiger partial charge in [-0.3, -0.25) is 0 Å². The number of unbranched alkanes of at least 4 members (excludes halogenated alkanes) is 45. The molecule has 5 heteroatoms. The summed E-state index contributed by atoms with van der Waals surface area (Å²) in [7, 11) is -4.39. The van der Waals surface area contributed by atoms with Crippen LogP contribution in [0, 0.1) is 0 Å². The molecule has 360 valence electrons. The number of rotatable bonds is 50. The molecule has 0 bridgehead atoms. The van der Waals surface area contributed by atoms with E-state index in [0.717, 1.165) is 45.1 Å². The molecule has 0 amide bonds. The van der Waals surface area contributed by atoms with Crippen molar-refractivity contribution in [3.05, 3.63) is 0 Å². The van der Waals surface area contributed by atoms with E-state index in [0.29, 0.717) is 0 Å². The number of hydrogen-bond donors (Lipinski definition) is 4. The van der Waals surface area contributed by atoms with Gasteiger partial charge in [-0.05, 0) is 13.0 Å². The minimum Gasteiger partial charge on any atom is -0.0654 e. The van der Waals surface area contributed by atoms with Crippen molar-refractivity contribution in [2.45, 2.75) is 329 Å². The fraction of sp³-hybridized carbons (Fsp3) is 1.00. The summed E-state index contributed by atoms with van der Waals surface area (Å²) in [6.07, 6.45) is 65.0. The Balaban J connectivity index is 0. The van der Waals surface area contributed by atoms with Gasteiger partial charge in [0.15, 0.2) is 0 Å². The molecule has 0 rings (SSSR count). The summed E-state index contributed by atoms with van der Waals surface area (Å²) < 4.78 is 0. The smallest absolute Gasteiger partial charge is 0.0654 e. The molecular weight excluding hydrogens is 742 g/mol. The summed E-state index contributed by atoms with van der Waals surface area (Å²) in [5.74, 6) is 0. The standard InChI is InChI=1S/C36H77O3P.C18H39N/c1-3-5-7-9-11-13-15-17-19-21-23-25-27-29-31-33-35-40(37,38,39)36-34-32-30-28-26-24-22-20-18-16-14-12-10-8-6-4-2;1-2-3-4-5-6-7-8-9-10-11-12-13-14-15-16-17-18-19/h37-39H,3-36H2,1-2H3;2-19H2,1H3. The zero-order chi connectivity index (χ0) is 43.5. The van der Waals surface area contributed by atoms with E-state index in [4.69, 9.17) is 5.73 Å². The molecule has 0 atom stereocenters. The number of hydrogen-bond acceptors (Lipinski definition) is 4. The second kappa shape index (κ2) is 50.9. The predicted molar refractivity (Wildman–Crippen MR) is 271 cm³/mol. The molecule has 5 N–H and O–H groups in total. The van der Waals surface area contributed by atoms with Gasteiger partial charge in [-0.2, -0.15) is 0 Å². The molecule has 0 spiro atoms. The molecule has 0 aliphatic rings. The van der Waals surface area contributed by atoms with Crippen molar-refractivity contribution >= 4 is 7.28 Å². The van der Waals surface area contributed by atoms with Gasteiger partial charge in [0.1, 0.15) is 0 Å². The van der Waals surface area contributed by atoms with Crippen LogP contribution in [0.4, 0.5) is 0 Å². The van der Waals surface area contributed by atoms with E-state index in [2.05, 4.69) is 20.8 Å². The summed E-state index contributed by atoms with van der Waals surface area (Å²) in [6, 6.07) is 0. The molecule has 0 heterocycles. The first-order valence-corrected chi connectivity index (χ1v) is 30.2. The molecule has 0 aliphatic carbocycles. The Morgan fingerprint density at radius 1 is 0.220 bits per heavy atom. The molecule has 59 heavy (non-hydrogen) atoms. The first-order chi connectivity index (χ1) is 28.8. The van der Waals surface area contributed by atoms with E-state index in [1.54, 1.807) is 0 Å². The molecule has 0 radical (unpaired) electrons. The Kier molecular flexibility index (Phi) is 52.9. The van der Waals surface area contributed by atoms with Crippen LogP contribution in [-0.2, 0) is 0 Å². The van der Waals surface area contributed by atoms with Gasteiger partial charge >= 0.3 is 176 Å². The average Bonchev–Trinajstić information content (AvgIpc) is 3.22. The Bertz CT molecular complexity index is 685. The van der Waals surface area contributed by atoms with Crippen LogP contribution in [0.2, 0.25) is 0 Å². The van der Waals surface area contributed by atoms with E-state index in [1.807, 2.05) is 0 Å². The van der Waals surface area contributed by atoms with Crippen LogP contribution in [-0.4, -0.2) is 33.5 Å². The molecular formula is C54H116NO3P. The van der Waals surface area contributed by atoms with Crippen molar-refractivity contribution in [3.63, 3.8) is 0 Å². The van der Waals surface area contributed by atoms with E-state index >= 15 is 0 Å². The summed E-state index contributed by atoms with van der Waals surface area (Å²) in [6.45, 7) is 7.73. The maximum atomic E-state index is 10.5. The molecule has 0 aromatic rings. The molecule has 0 aromatic carbocycles. The Hall–Kier alpha value is 0.270. The fourth-order valence-electron chi connectivity index (χ4n) is 8.77. The second-order valence-corrected chi connectivity index (χ2v) is 23.1. The predicted octanol–water partition coefficient (Wildman–Crippen LogP) is 19.0. The van der Waals surface area contributed by atoms with E-state index in [1.165, 1.54) is 270 Å². The summed E-state index contributed by atoms with van der Waals surface area (Å²) in [5.41, 5.74) is 5.48. The first-order valence-electron chi connectivity index (χ1n) is 27.8. The van der Waals surface area contributed by atoms with Gasteiger partial charge in [0.2, 0.25) is 0 Å². The van der Waals surface area contributed by atoms with Gasteiger partial charge in [-0.15, -0.1) is 0 Å². The van der Waals surface area contributed by atoms with Crippen LogP contribution in [0.1, 0.15) is 329 Å². The van der Waals surface area contributed by atoms with E-state index in [-0.39, 0.29) is 12.3 Å². The Morgan fingerprint density at radius 2 is 0.356 bits per heavy atom. The van der Waals surface area contributed by atoms with Gasteiger partial charge in [0.05, 0.1) is 0 Å². The molecule has 0 saturated heterocycles. The van der Waals surface area contributed by atoms with Gasteiger partial charge in [-0.25, -0.2) is 0 Å². The number of nitrogens with two attached hydrogens (primary N) is 1. The molecule has 0 aromatic heterocycles. The molecule has 0 fully saturated rings. The van der Waals surface area contributed by atoms with Gasteiger partial charge < -0.3 is 5.73 Å².